The van der Waals surface area contributed by atoms with Gasteiger partial charge in [0.1, 0.15) is 23.4 Å². The molecule has 1 amide bonds. The van der Waals surface area contributed by atoms with Crippen LogP contribution in [0.5, 0.6) is 0 Å². The number of anilines is 1. The van der Waals surface area contributed by atoms with Gasteiger partial charge in [0.05, 0.1) is 0 Å². The average Bonchev–Trinajstić information content (AvgIpc) is 3.27. The normalized spacial score (nSPS) is 15.3. The van der Waals surface area contributed by atoms with E-state index in [2.05, 4.69) is 25.3 Å². The number of aromatic amines is 1. The van der Waals surface area contributed by atoms with E-state index in [1.807, 2.05) is 17.6 Å². The second-order valence-electron chi connectivity index (χ2n) is 5.90. The molecule has 120 valence electrons. The molecule has 3 aromatic rings. The van der Waals surface area contributed by atoms with Crippen molar-refractivity contribution in [1.82, 2.24) is 19.9 Å². The number of H-pyrrole nitrogens is 1. The quantitative estimate of drug-likeness (QED) is 0.761. The fourth-order valence-electron chi connectivity index (χ4n) is 3.16. The first-order valence-corrected chi connectivity index (χ1v) is 8.71. The fraction of sp³-hybridized carbons (Fsp3) is 0.375. The number of hydrogen-bond donors (Lipinski definition) is 2. The van der Waals surface area contributed by atoms with E-state index in [0.717, 1.165) is 22.4 Å². The molecule has 0 atom stereocenters. The van der Waals surface area contributed by atoms with Crippen LogP contribution in [0.2, 0.25) is 0 Å². The molecule has 6 nitrogen and oxygen atoms in total. The van der Waals surface area contributed by atoms with Gasteiger partial charge in [-0.2, -0.15) is 0 Å². The van der Waals surface area contributed by atoms with E-state index in [9.17, 15) is 4.79 Å². The number of aromatic nitrogens is 4. The van der Waals surface area contributed by atoms with Crippen molar-refractivity contribution >= 4 is 33.4 Å². The molecule has 3 aromatic heterocycles. The summed E-state index contributed by atoms with van der Waals surface area (Å²) in [6.45, 7) is 0. The van der Waals surface area contributed by atoms with Gasteiger partial charge in [0.25, 0.3) is 0 Å². The summed E-state index contributed by atoms with van der Waals surface area (Å²) in [4.78, 5) is 28.2. The number of fused-ring (bicyclic) bond motifs is 1. The predicted octanol–water partition coefficient (Wildman–Crippen LogP) is 3.85. The van der Waals surface area contributed by atoms with Gasteiger partial charge in [-0.15, -0.1) is 11.3 Å². The SMILES string of the molecule is O=C(CC1CCCC1)Nc1nc(-c2ncnc3[nH]ccc23)cs1.[HH]. The third kappa shape index (κ3) is 2.96. The summed E-state index contributed by atoms with van der Waals surface area (Å²) < 4.78 is 0. The van der Waals surface area contributed by atoms with Crippen LogP contribution in [0.3, 0.4) is 0 Å². The monoisotopic (exact) mass is 329 g/mol. The number of carbonyl (C=O) groups excluding carboxylic acids is 1. The first kappa shape index (κ1) is 14.3. The minimum absolute atomic E-state index is 0. The van der Waals surface area contributed by atoms with E-state index in [1.54, 1.807) is 0 Å². The highest BCUT2D eigenvalue weighted by molar-refractivity contribution is 7.14. The van der Waals surface area contributed by atoms with Crippen LogP contribution >= 0.6 is 11.3 Å². The number of nitrogens with one attached hydrogen (secondary N) is 2. The van der Waals surface area contributed by atoms with Crippen LogP contribution in [-0.2, 0) is 4.79 Å². The zero-order valence-corrected chi connectivity index (χ0v) is 13.4. The molecule has 1 saturated carbocycles. The molecule has 1 fully saturated rings. The summed E-state index contributed by atoms with van der Waals surface area (Å²) in [7, 11) is 0. The molecule has 0 aromatic carbocycles. The summed E-state index contributed by atoms with van der Waals surface area (Å²) in [5.41, 5.74) is 2.33. The molecule has 0 saturated heterocycles. The molecule has 7 heteroatoms. The van der Waals surface area contributed by atoms with Gasteiger partial charge in [0.2, 0.25) is 5.91 Å². The van der Waals surface area contributed by atoms with Crippen molar-refractivity contribution in [3.63, 3.8) is 0 Å². The number of hydrogen-bond acceptors (Lipinski definition) is 5. The maximum absolute atomic E-state index is 12.1. The van der Waals surface area contributed by atoms with Crippen molar-refractivity contribution in [3.8, 4) is 11.4 Å². The minimum Gasteiger partial charge on any atom is -0.346 e. The Morgan fingerprint density at radius 1 is 1.39 bits per heavy atom. The highest BCUT2D eigenvalue weighted by Gasteiger charge is 2.19. The van der Waals surface area contributed by atoms with E-state index < -0.39 is 0 Å². The molecule has 0 radical (unpaired) electrons. The van der Waals surface area contributed by atoms with Crippen molar-refractivity contribution in [2.45, 2.75) is 32.1 Å². The van der Waals surface area contributed by atoms with Gasteiger partial charge in [-0.3, -0.25) is 4.79 Å². The lowest BCUT2D eigenvalue weighted by molar-refractivity contribution is -0.117. The lowest BCUT2D eigenvalue weighted by Gasteiger charge is -2.07. The first-order valence-electron chi connectivity index (χ1n) is 7.83. The Balaban J connectivity index is 0.00000169. The Kier molecular flexibility index (Phi) is 3.78. The van der Waals surface area contributed by atoms with Crippen molar-refractivity contribution in [2.75, 3.05) is 5.32 Å². The van der Waals surface area contributed by atoms with Crippen molar-refractivity contribution in [1.29, 1.82) is 0 Å². The molecule has 1 aliphatic carbocycles. The molecule has 23 heavy (non-hydrogen) atoms. The third-order valence-electron chi connectivity index (χ3n) is 4.30. The van der Waals surface area contributed by atoms with E-state index in [4.69, 9.17) is 0 Å². The summed E-state index contributed by atoms with van der Waals surface area (Å²) in [6, 6.07) is 1.93. The van der Waals surface area contributed by atoms with E-state index in [0.29, 0.717) is 17.5 Å². The minimum atomic E-state index is 0. The van der Waals surface area contributed by atoms with Crippen LogP contribution in [0.15, 0.2) is 24.0 Å². The molecular weight excluding hydrogens is 310 g/mol. The highest BCUT2D eigenvalue weighted by atomic mass is 32.1. The Morgan fingerprint density at radius 2 is 2.26 bits per heavy atom. The number of thiazole rings is 1. The molecule has 2 N–H and O–H groups in total. The Bertz CT molecular complexity index is 840. The second kappa shape index (κ2) is 6.08. The maximum Gasteiger partial charge on any atom is 0.226 e. The smallest absolute Gasteiger partial charge is 0.226 e. The van der Waals surface area contributed by atoms with Gasteiger partial charge in [-0.05, 0) is 24.8 Å². The zero-order valence-electron chi connectivity index (χ0n) is 12.6. The number of carbonyl (C=O) groups is 1. The zero-order chi connectivity index (χ0) is 15.6. The van der Waals surface area contributed by atoms with Crippen molar-refractivity contribution in [3.05, 3.63) is 24.0 Å². The van der Waals surface area contributed by atoms with Gasteiger partial charge >= 0.3 is 0 Å². The average molecular weight is 329 g/mol. The van der Waals surface area contributed by atoms with Crippen LogP contribution in [0, 0.1) is 5.92 Å². The van der Waals surface area contributed by atoms with Gasteiger partial charge in [0.15, 0.2) is 5.13 Å². The first-order chi connectivity index (χ1) is 11.3. The summed E-state index contributed by atoms with van der Waals surface area (Å²) in [6.07, 6.45) is 8.79. The largest absolute Gasteiger partial charge is 0.346 e. The predicted molar refractivity (Wildman–Crippen MR) is 92.3 cm³/mol. The van der Waals surface area contributed by atoms with E-state index in [1.165, 1.54) is 43.3 Å². The molecule has 4 rings (SSSR count). The number of rotatable bonds is 4. The third-order valence-corrected chi connectivity index (χ3v) is 5.05. The number of nitrogens with zero attached hydrogens (tertiary/aromatic N) is 3. The summed E-state index contributed by atoms with van der Waals surface area (Å²) >= 11 is 1.43. The Labute approximate surface area is 138 Å². The van der Waals surface area contributed by atoms with Crippen LogP contribution in [0.1, 0.15) is 33.5 Å². The lowest BCUT2D eigenvalue weighted by Crippen LogP contribution is -2.14. The Hall–Kier alpha value is -2.28. The van der Waals surface area contributed by atoms with Crippen LogP contribution < -0.4 is 5.32 Å². The molecule has 0 unspecified atom stereocenters. The molecule has 0 aliphatic heterocycles. The lowest BCUT2D eigenvalue weighted by atomic mass is 10.0. The van der Waals surface area contributed by atoms with Crippen molar-refractivity contribution < 1.29 is 6.22 Å². The van der Waals surface area contributed by atoms with Gasteiger partial charge < -0.3 is 10.3 Å². The fourth-order valence-corrected chi connectivity index (χ4v) is 3.87. The molecule has 3 heterocycles. The molecule has 0 bridgehead atoms. The summed E-state index contributed by atoms with van der Waals surface area (Å²) in [5.74, 6) is 0.600. The summed E-state index contributed by atoms with van der Waals surface area (Å²) in [5, 5.41) is 6.40. The topological polar surface area (TPSA) is 83.6 Å². The van der Waals surface area contributed by atoms with Crippen LogP contribution in [-0.4, -0.2) is 25.8 Å². The molecule has 1 aliphatic rings. The number of amides is 1. The van der Waals surface area contributed by atoms with Crippen molar-refractivity contribution in [2.24, 2.45) is 5.92 Å². The maximum atomic E-state index is 12.1. The van der Waals surface area contributed by atoms with Gasteiger partial charge in [-0.1, -0.05) is 12.8 Å². The molecule has 0 spiro atoms. The van der Waals surface area contributed by atoms with E-state index >= 15 is 0 Å². The Morgan fingerprint density at radius 3 is 3.13 bits per heavy atom. The van der Waals surface area contributed by atoms with Crippen LogP contribution in [0.4, 0.5) is 5.13 Å². The van der Waals surface area contributed by atoms with Crippen LogP contribution in [0.25, 0.3) is 22.4 Å². The van der Waals surface area contributed by atoms with Gasteiger partial charge in [-0.25, -0.2) is 15.0 Å². The van der Waals surface area contributed by atoms with Gasteiger partial charge in [0, 0.05) is 24.8 Å². The van der Waals surface area contributed by atoms with E-state index in [-0.39, 0.29) is 7.33 Å². The highest BCUT2D eigenvalue weighted by Crippen LogP contribution is 2.30. The second-order valence-corrected chi connectivity index (χ2v) is 6.76. The standard InChI is InChI=1S/C16H17N5OS.H2/c22-13(7-10-3-1-2-4-10)21-16-20-12(8-23-16)14-11-5-6-17-15(11)19-9-18-14;/h5-6,8-10H,1-4,7H2,(H,17,18,19)(H,20,21,22);1H. The molecular formula is C16H19N5OS.